The third-order valence-corrected chi connectivity index (χ3v) is 2.87. The van der Waals surface area contributed by atoms with Crippen LogP contribution in [-0.2, 0) is 24.4 Å². The molecule has 0 fully saturated rings. The number of benzene rings is 1. The fourth-order valence-electron chi connectivity index (χ4n) is 1.36. The third-order valence-electron chi connectivity index (χ3n) is 2.06. The monoisotopic (exact) mass is 311 g/mol. The van der Waals surface area contributed by atoms with Crippen molar-refractivity contribution >= 4 is 31.1 Å². The Morgan fingerprint density at radius 2 is 2.06 bits per heavy atom. The average molecular weight is 311 g/mol. The molecule has 1 unspecified atom stereocenters. The fraction of sp³-hybridized carbons (Fsp3) is 0.273. The van der Waals surface area contributed by atoms with Gasteiger partial charge in [0.15, 0.2) is 0 Å². The van der Waals surface area contributed by atoms with Gasteiger partial charge in [-0.3, -0.25) is 4.18 Å². The molecule has 0 aliphatic heterocycles. The molecule has 0 saturated heterocycles. The number of aromatic nitrogens is 1. The van der Waals surface area contributed by atoms with Gasteiger partial charge in [-0.15, -0.1) is 0 Å². The van der Waals surface area contributed by atoms with Crippen molar-refractivity contribution in [2.75, 3.05) is 6.61 Å². The SMILES string of the molecule is CCOS(=O)([O-])=S.Cc1c[nH]c2ccccc12.[K+]. The topological polar surface area (TPSA) is 65.2 Å². The number of hydrogen-bond donors (Lipinski definition) is 1. The summed E-state index contributed by atoms with van der Waals surface area (Å²) in [5, 5.41) is 1.32. The molecule has 0 aliphatic rings. The van der Waals surface area contributed by atoms with Crippen LogP contribution in [0.2, 0.25) is 0 Å². The number of para-hydroxylation sites is 1. The van der Waals surface area contributed by atoms with Gasteiger partial charge in [-0.1, -0.05) is 18.2 Å². The van der Waals surface area contributed by atoms with Crippen molar-refractivity contribution in [1.82, 2.24) is 4.98 Å². The summed E-state index contributed by atoms with van der Waals surface area (Å²) in [6, 6.07) is 8.31. The predicted octanol–water partition coefficient (Wildman–Crippen LogP) is -0.705. The van der Waals surface area contributed by atoms with Gasteiger partial charge in [0.05, 0.1) is 15.7 Å². The van der Waals surface area contributed by atoms with Crippen molar-refractivity contribution in [2.24, 2.45) is 0 Å². The first kappa shape index (κ1) is 18.7. The average Bonchev–Trinajstić information content (AvgIpc) is 2.61. The summed E-state index contributed by atoms with van der Waals surface area (Å²) in [7, 11) is -3.59. The van der Waals surface area contributed by atoms with E-state index in [1.165, 1.54) is 16.5 Å². The van der Waals surface area contributed by atoms with Crippen LogP contribution in [0, 0.1) is 6.92 Å². The molecule has 1 atom stereocenters. The van der Waals surface area contributed by atoms with Gasteiger partial charge in [0.1, 0.15) is 0 Å². The van der Waals surface area contributed by atoms with E-state index in [9.17, 15) is 8.76 Å². The third kappa shape index (κ3) is 6.74. The molecule has 7 heteroatoms. The second kappa shape index (κ2) is 8.78. The van der Waals surface area contributed by atoms with Crippen LogP contribution in [0.1, 0.15) is 12.5 Å². The van der Waals surface area contributed by atoms with E-state index >= 15 is 0 Å². The van der Waals surface area contributed by atoms with Crippen molar-refractivity contribution in [3.05, 3.63) is 36.0 Å². The minimum Gasteiger partial charge on any atom is -0.748 e. The number of rotatable bonds is 2. The summed E-state index contributed by atoms with van der Waals surface area (Å²) in [5.74, 6) is 0. The number of aromatic amines is 1. The van der Waals surface area contributed by atoms with E-state index in [2.05, 4.69) is 45.5 Å². The van der Waals surface area contributed by atoms with Crippen LogP contribution >= 0.6 is 0 Å². The van der Waals surface area contributed by atoms with Crippen LogP contribution in [-0.4, -0.2) is 20.4 Å². The van der Waals surface area contributed by atoms with Gasteiger partial charge in [0, 0.05) is 17.1 Å². The van der Waals surface area contributed by atoms with E-state index in [0.717, 1.165) is 0 Å². The molecule has 1 heterocycles. The molecular formula is C11H14KNO3S2. The summed E-state index contributed by atoms with van der Waals surface area (Å²) in [5.41, 5.74) is 2.54. The molecule has 1 aromatic carbocycles. The standard InChI is InChI=1S/C9H9N.C2H6O3S2.K/c1-7-6-10-9-5-3-2-4-8(7)9;1-2-5-7(3,4)6;/h2-6,10H,1H3;2H2,1H3,(H,3,4,6);/q;;+1/p-1. The first-order chi connectivity index (χ1) is 7.94. The fourth-order valence-corrected chi connectivity index (χ4v) is 1.94. The summed E-state index contributed by atoms with van der Waals surface area (Å²) >= 11 is 3.83. The number of fused-ring (bicyclic) bond motifs is 1. The quantitative estimate of drug-likeness (QED) is 0.745. The molecule has 1 aromatic heterocycles. The zero-order valence-electron chi connectivity index (χ0n) is 10.6. The van der Waals surface area contributed by atoms with E-state index in [1.807, 2.05) is 12.3 Å². The van der Waals surface area contributed by atoms with Gasteiger partial charge in [-0.2, -0.15) is 0 Å². The minimum absolute atomic E-state index is 0. The van der Waals surface area contributed by atoms with Gasteiger partial charge >= 0.3 is 51.4 Å². The normalized spacial score (nSPS) is 13.1. The van der Waals surface area contributed by atoms with Crippen molar-refractivity contribution in [3.63, 3.8) is 0 Å². The maximum atomic E-state index is 9.82. The maximum absolute atomic E-state index is 9.82. The summed E-state index contributed by atoms with van der Waals surface area (Å²) in [6.45, 7) is 3.79. The molecule has 18 heavy (non-hydrogen) atoms. The van der Waals surface area contributed by atoms with E-state index in [4.69, 9.17) is 0 Å². The minimum atomic E-state index is -3.59. The largest absolute Gasteiger partial charge is 1.00 e. The Balaban J connectivity index is 0.000000326. The van der Waals surface area contributed by atoms with Crippen LogP contribution in [0.5, 0.6) is 0 Å². The molecule has 2 rings (SSSR count). The van der Waals surface area contributed by atoms with Crippen molar-refractivity contribution in [2.45, 2.75) is 13.8 Å². The molecule has 0 saturated carbocycles. The molecule has 94 valence electrons. The maximum Gasteiger partial charge on any atom is 1.00 e. The van der Waals surface area contributed by atoms with Gasteiger partial charge in [0.25, 0.3) is 0 Å². The Morgan fingerprint density at radius 3 is 2.50 bits per heavy atom. The molecule has 0 bridgehead atoms. The molecule has 2 aromatic rings. The van der Waals surface area contributed by atoms with Crippen molar-refractivity contribution < 1.29 is 64.3 Å². The van der Waals surface area contributed by atoms with Crippen LogP contribution in [0.3, 0.4) is 0 Å². The van der Waals surface area contributed by atoms with Crippen LogP contribution in [0.15, 0.2) is 30.5 Å². The van der Waals surface area contributed by atoms with Crippen LogP contribution in [0.25, 0.3) is 10.9 Å². The smallest absolute Gasteiger partial charge is 0.748 e. The van der Waals surface area contributed by atoms with Crippen LogP contribution < -0.4 is 51.4 Å². The van der Waals surface area contributed by atoms with Gasteiger partial charge in [-0.25, -0.2) is 4.21 Å². The Bertz CT molecular complexity index is 581. The van der Waals surface area contributed by atoms with Gasteiger partial charge in [0.2, 0.25) is 0 Å². The zero-order chi connectivity index (χ0) is 12.9. The second-order valence-electron chi connectivity index (χ2n) is 3.33. The van der Waals surface area contributed by atoms with Gasteiger partial charge < -0.3 is 9.54 Å². The van der Waals surface area contributed by atoms with Crippen molar-refractivity contribution in [1.29, 1.82) is 0 Å². The molecule has 0 amide bonds. The van der Waals surface area contributed by atoms with E-state index < -0.39 is 9.05 Å². The summed E-state index contributed by atoms with van der Waals surface area (Å²) < 4.78 is 23.7. The Hall–Kier alpha value is 0.686. The van der Waals surface area contributed by atoms with E-state index in [0.29, 0.717) is 0 Å². The molecule has 1 N–H and O–H groups in total. The molecule has 0 aliphatic carbocycles. The first-order valence-corrected chi connectivity index (χ1v) is 7.40. The number of nitrogens with one attached hydrogen (secondary N) is 1. The van der Waals surface area contributed by atoms with Crippen LogP contribution in [0.4, 0.5) is 0 Å². The van der Waals surface area contributed by atoms with E-state index in [-0.39, 0.29) is 58.0 Å². The number of hydrogen-bond acceptors (Lipinski definition) is 4. The van der Waals surface area contributed by atoms with Crippen molar-refractivity contribution in [3.8, 4) is 0 Å². The summed E-state index contributed by atoms with van der Waals surface area (Å²) in [6.07, 6.45) is 2.03. The molecule has 4 nitrogen and oxygen atoms in total. The summed E-state index contributed by atoms with van der Waals surface area (Å²) in [4.78, 5) is 3.19. The van der Waals surface area contributed by atoms with E-state index in [1.54, 1.807) is 6.92 Å². The molecular weight excluding hydrogens is 297 g/mol. The predicted molar refractivity (Wildman–Crippen MR) is 70.9 cm³/mol. The molecule has 0 radical (unpaired) electrons. The Labute approximate surface area is 155 Å². The first-order valence-electron chi connectivity index (χ1n) is 5.07. The Morgan fingerprint density at radius 1 is 1.44 bits per heavy atom. The zero-order valence-corrected chi connectivity index (χ0v) is 15.4. The van der Waals surface area contributed by atoms with Gasteiger partial charge in [-0.05, 0) is 36.7 Å². The number of aryl methyl sites for hydroxylation is 1. The number of H-pyrrole nitrogens is 1. The molecule has 0 spiro atoms. The Kier molecular flexibility index (Phi) is 9.11. The second-order valence-corrected chi connectivity index (χ2v) is 5.61.